The predicted molar refractivity (Wildman–Crippen MR) is 99.9 cm³/mol. The monoisotopic (exact) mass is 333 g/mol. The van der Waals surface area contributed by atoms with E-state index in [0.717, 1.165) is 53.5 Å². The van der Waals surface area contributed by atoms with E-state index in [2.05, 4.69) is 12.0 Å². The van der Waals surface area contributed by atoms with Crippen molar-refractivity contribution in [1.29, 1.82) is 0 Å². The predicted octanol–water partition coefficient (Wildman–Crippen LogP) is 4.98. The molecule has 0 spiro atoms. The third kappa shape index (κ3) is 2.76. The van der Waals surface area contributed by atoms with E-state index >= 15 is 0 Å². The highest BCUT2D eigenvalue weighted by molar-refractivity contribution is 5.96. The summed E-state index contributed by atoms with van der Waals surface area (Å²) in [6.45, 7) is 2.85. The summed E-state index contributed by atoms with van der Waals surface area (Å²) in [6.07, 6.45) is 8.95. The highest BCUT2D eigenvalue weighted by Crippen LogP contribution is 2.40. The van der Waals surface area contributed by atoms with Crippen LogP contribution in [0, 0.1) is 0 Å². The van der Waals surface area contributed by atoms with Gasteiger partial charge in [0, 0.05) is 23.1 Å². The van der Waals surface area contributed by atoms with Gasteiger partial charge in [0.05, 0.1) is 11.9 Å². The van der Waals surface area contributed by atoms with Crippen molar-refractivity contribution >= 4 is 17.3 Å². The molecule has 0 N–H and O–H groups in total. The lowest BCUT2D eigenvalue weighted by molar-refractivity contribution is 0.112. The number of aryl methyl sites for hydroxylation is 1. The smallest absolute Gasteiger partial charge is 0.158 e. The van der Waals surface area contributed by atoms with Crippen LogP contribution in [-0.2, 0) is 6.54 Å². The Labute approximate surface area is 147 Å². The minimum absolute atomic E-state index is 0.427. The molecule has 2 aromatic heterocycles. The lowest BCUT2D eigenvalue weighted by Gasteiger charge is -2.25. The minimum atomic E-state index is 0.427. The summed E-state index contributed by atoms with van der Waals surface area (Å²) < 4.78 is 1.93. The van der Waals surface area contributed by atoms with Gasteiger partial charge in [-0.25, -0.2) is 9.67 Å². The molecule has 1 aromatic carbocycles. The second kappa shape index (κ2) is 6.79. The molecular formula is C21H23N3O. The Balaban J connectivity index is 2.02. The van der Waals surface area contributed by atoms with Gasteiger partial charge >= 0.3 is 0 Å². The molecule has 0 radical (unpaired) electrons. The van der Waals surface area contributed by atoms with Gasteiger partial charge in [-0.2, -0.15) is 5.10 Å². The van der Waals surface area contributed by atoms with E-state index in [9.17, 15) is 4.79 Å². The summed E-state index contributed by atoms with van der Waals surface area (Å²) in [5, 5.41) is 5.57. The molecule has 1 saturated carbocycles. The van der Waals surface area contributed by atoms with Crippen molar-refractivity contribution in [3.8, 4) is 11.3 Å². The highest BCUT2D eigenvalue weighted by Gasteiger charge is 2.26. The molecule has 0 amide bonds. The molecule has 0 atom stereocenters. The zero-order chi connectivity index (χ0) is 17.2. The van der Waals surface area contributed by atoms with Crippen LogP contribution in [0.15, 0.2) is 36.5 Å². The largest absolute Gasteiger partial charge is 0.298 e. The Kier molecular flexibility index (Phi) is 4.35. The normalized spacial score (nSPS) is 15.6. The van der Waals surface area contributed by atoms with Gasteiger partial charge in [-0.3, -0.25) is 4.79 Å². The fourth-order valence-electron chi connectivity index (χ4n) is 4.12. The van der Waals surface area contributed by atoms with E-state index in [-0.39, 0.29) is 0 Å². The first kappa shape index (κ1) is 16.0. The number of aromatic nitrogens is 3. The molecule has 1 aliphatic rings. The highest BCUT2D eigenvalue weighted by atomic mass is 16.1. The molecule has 0 aliphatic heterocycles. The third-order valence-electron chi connectivity index (χ3n) is 5.34. The van der Waals surface area contributed by atoms with Gasteiger partial charge < -0.3 is 0 Å². The standard InChI is InChI=1S/C21H23N3O/c1-2-24-21-17(13-22-24)19(15-9-5-3-6-10-15)18(14-25)20(23-21)16-11-7-4-8-12-16/h4,7-8,11-15H,2-3,5-6,9-10H2,1H3. The molecule has 25 heavy (non-hydrogen) atoms. The van der Waals surface area contributed by atoms with Crippen LogP contribution < -0.4 is 0 Å². The van der Waals surface area contributed by atoms with Gasteiger partial charge in [-0.1, -0.05) is 49.6 Å². The molecule has 1 fully saturated rings. The van der Waals surface area contributed by atoms with Crippen LogP contribution in [0.4, 0.5) is 0 Å². The van der Waals surface area contributed by atoms with Gasteiger partial charge in [-0.15, -0.1) is 0 Å². The van der Waals surface area contributed by atoms with Gasteiger partial charge in [0.2, 0.25) is 0 Å². The first-order chi connectivity index (χ1) is 12.3. The summed E-state index contributed by atoms with van der Waals surface area (Å²) >= 11 is 0. The number of aldehydes is 1. The molecule has 0 bridgehead atoms. The Morgan fingerprint density at radius 3 is 2.60 bits per heavy atom. The van der Waals surface area contributed by atoms with Gasteiger partial charge in [-0.05, 0) is 31.2 Å². The van der Waals surface area contributed by atoms with Crippen LogP contribution >= 0.6 is 0 Å². The Bertz CT molecular complexity index is 892. The van der Waals surface area contributed by atoms with Crippen molar-refractivity contribution in [1.82, 2.24) is 14.8 Å². The van der Waals surface area contributed by atoms with Gasteiger partial charge in [0.25, 0.3) is 0 Å². The van der Waals surface area contributed by atoms with E-state index in [1.165, 1.54) is 24.8 Å². The lowest BCUT2D eigenvalue weighted by Crippen LogP contribution is -2.10. The molecule has 2 heterocycles. The maximum atomic E-state index is 12.1. The van der Waals surface area contributed by atoms with Crippen molar-refractivity contribution in [3.63, 3.8) is 0 Å². The van der Waals surface area contributed by atoms with Crippen molar-refractivity contribution in [2.75, 3.05) is 0 Å². The number of hydrogen-bond acceptors (Lipinski definition) is 3. The molecule has 4 heteroatoms. The number of rotatable bonds is 4. The van der Waals surface area contributed by atoms with Crippen LogP contribution in [0.5, 0.6) is 0 Å². The third-order valence-corrected chi connectivity index (χ3v) is 5.34. The number of pyridine rings is 1. The van der Waals surface area contributed by atoms with Crippen LogP contribution in [-0.4, -0.2) is 21.1 Å². The van der Waals surface area contributed by atoms with E-state index in [1.807, 2.05) is 41.2 Å². The molecule has 3 aromatic rings. The number of hydrogen-bond donors (Lipinski definition) is 0. The summed E-state index contributed by atoms with van der Waals surface area (Å²) in [5.41, 5.74) is 4.60. The Hall–Kier alpha value is -2.49. The minimum Gasteiger partial charge on any atom is -0.298 e. The van der Waals surface area contributed by atoms with Crippen LogP contribution in [0.1, 0.15) is 60.9 Å². The van der Waals surface area contributed by atoms with E-state index in [0.29, 0.717) is 5.92 Å². The quantitative estimate of drug-likeness (QED) is 0.633. The van der Waals surface area contributed by atoms with Crippen molar-refractivity contribution in [3.05, 3.63) is 47.7 Å². The van der Waals surface area contributed by atoms with Crippen LogP contribution in [0.2, 0.25) is 0 Å². The molecule has 128 valence electrons. The number of fused-ring (bicyclic) bond motifs is 1. The van der Waals surface area contributed by atoms with E-state index in [1.54, 1.807) is 0 Å². The first-order valence-electron chi connectivity index (χ1n) is 9.23. The molecule has 4 nitrogen and oxygen atoms in total. The second-order valence-corrected chi connectivity index (χ2v) is 6.80. The number of carbonyl (C=O) groups is 1. The molecule has 1 aliphatic carbocycles. The Morgan fingerprint density at radius 1 is 1.16 bits per heavy atom. The SMILES string of the molecule is CCn1ncc2c(C3CCCCC3)c(C=O)c(-c3ccccc3)nc21. The van der Waals surface area contributed by atoms with Gasteiger partial charge in [0.1, 0.15) is 0 Å². The average molecular weight is 333 g/mol. The molecular weight excluding hydrogens is 310 g/mol. The maximum absolute atomic E-state index is 12.1. The summed E-state index contributed by atoms with van der Waals surface area (Å²) in [6, 6.07) is 10.0. The van der Waals surface area contributed by atoms with E-state index < -0.39 is 0 Å². The number of benzene rings is 1. The summed E-state index contributed by atoms with van der Waals surface area (Å²) in [4.78, 5) is 17.0. The maximum Gasteiger partial charge on any atom is 0.158 e. The van der Waals surface area contributed by atoms with Gasteiger partial charge in [0.15, 0.2) is 11.9 Å². The topological polar surface area (TPSA) is 47.8 Å². The lowest BCUT2D eigenvalue weighted by atomic mass is 9.80. The van der Waals surface area contributed by atoms with Crippen molar-refractivity contribution in [2.24, 2.45) is 0 Å². The molecule has 0 saturated heterocycles. The second-order valence-electron chi connectivity index (χ2n) is 6.80. The average Bonchev–Trinajstić information content (AvgIpc) is 3.10. The Morgan fingerprint density at radius 2 is 1.92 bits per heavy atom. The van der Waals surface area contributed by atoms with Crippen LogP contribution in [0.3, 0.4) is 0 Å². The fourth-order valence-corrected chi connectivity index (χ4v) is 4.12. The fraction of sp³-hybridized carbons (Fsp3) is 0.381. The number of nitrogens with zero attached hydrogens (tertiary/aromatic N) is 3. The zero-order valence-corrected chi connectivity index (χ0v) is 14.6. The summed E-state index contributed by atoms with van der Waals surface area (Å²) in [7, 11) is 0. The first-order valence-corrected chi connectivity index (χ1v) is 9.23. The van der Waals surface area contributed by atoms with Crippen molar-refractivity contribution < 1.29 is 4.79 Å². The molecule has 0 unspecified atom stereocenters. The van der Waals surface area contributed by atoms with E-state index in [4.69, 9.17) is 4.98 Å². The zero-order valence-electron chi connectivity index (χ0n) is 14.6. The summed E-state index contributed by atoms with van der Waals surface area (Å²) in [5.74, 6) is 0.427. The number of carbonyl (C=O) groups excluding carboxylic acids is 1. The van der Waals surface area contributed by atoms with Crippen LogP contribution in [0.25, 0.3) is 22.3 Å². The molecule has 4 rings (SSSR count). The van der Waals surface area contributed by atoms with Crippen molar-refractivity contribution in [2.45, 2.75) is 51.5 Å².